The van der Waals surface area contributed by atoms with Crippen LogP contribution in [0.15, 0.2) is 28.7 Å². The summed E-state index contributed by atoms with van der Waals surface area (Å²) in [4.78, 5) is 11.9. The van der Waals surface area contributed by atoms with Crippen molar-refractivity contribution in [3.05, 3.63) is 34.3 Å². The van der Waals surface area contributed by atoms with Crippen LogP contribution in [-0.4, -0.2) is 18.0 Å². The highest BCUT2D eigenvalue weighted by Crippen LogP contribution is 2.11. The number of hydrogen-bond donors (Lipinski definition) is 2. The summed E-state index contributed by atoms with van der Waals surface area (Å²) < 4.78 is 1.06. The lowest BCUT2D eigenvalue weighted by atomic mass is 10.1. The molecule has 0 aliphatic heterocycles. The minimum absolute atomic E-state index is 0.0657. The molecule has 4 heteroatoms. The Morgan fingerprint density at radius 3 is 2.74 bits per heavy atom. The smallest absolute Gasteiger partial charge is 0.237 e. The number of carbonyl (C=O) groups is 1. The molecule has 2 N–H and O–H groups in total. The molecule has 0 saturated carbocycles. The third-order valence-corrected chi connectivity index (χ3v) is 3.50. The second-order valence-electron chi connectivity index (χ2n) is 4.93. The third kappa shape index (κ3) is 6.21. The molecule has 1 aromatic carbocycles. The molecule has 1 rings (SSSR count). The van der Waals surface area contributed by atoms with Crippen LogP contribution in [0.3, 0.4) is 0 Å². The molecule has 0 saturated heterocycles. The van der Waals surface area contributed by atoms with Gasteiger partial charge in [-0.15, -0.1) is 0 Å². The van der Waals surface area contributed by atoms with Crippen molar-refractivity contribution in [3.63, 3.8) is 0 Å². The summed E-state index contributed by atoms with van der Waals surface area (Å²) in [6.45, 7) is 6.75. The molecular weight excluding hydrogens is 304 g/mol. The molecular formula is C15H23BrN2O. The summed E-state index contributed by atoms with van der Waals surface area (Å²) >= 11 is 3.44. The third-order valence-electron chi connectivity index (χ3n) is 3.01. The maximum Gasteiger partial charge on any atom is 0.237 e. The Hall–Kier alpha value is -0.870. The fourth-order valence-corrected chi connectivity index (χ4v) is 2.33. The highest BCUT2D eigenvalue weighted by molar-refractivity contribution is 9.10. The van der Waals surface area contributed by atoms with Crippen molar-refractivity contribution in [2.75, 3.05) is 0 Å². The topological polar surface area (TPSA) is 41.1 Å². The van der Waals surface area contributed by atoms with Gasteiger partial charge in [-0.05, 0) is 38.0 Å². The molecule has 3 nitrogen and oxygen atoms in total. The molecule has 0 spiro atoms. The van der Waals surface area contributed by atoms with Gasteiger partial charge in [-0.25, -0.2) is 0 Å². The first-order valence-corrected chi connectivity index (χ1v) is 7.60. The number of hydrogen-bond acceptors (Lipinski definition) is 2. The van der Waals surface area contributed by atoms with Crippen LogP contribution < -0.4 is 10.6 Å². The van der Waals surface area contributed by atoms with E-state index in [0.29, 0.717) is 6.54 Å². The van der Waals surface area contributed by atoms with Gasteiger partial charge in [0.05, 0.1) is 6.04 Å². The molecule has 0 heterocycles. The number of amides is 1. The summed E-state index contributed by atoms with van der Waals surface area (Å²) in [7, 11) is 0. The summed E-state index contributed by atoms with van der Waals surface area (Å²) in [5.74, 6) is 0.0657. The van der Waals surface area contributed by atoms with Gasteiger partial charge in [0, 0.05) is 17.1 Å². The fraction of sp³-hybridized carbons (Fsp3) is 0.533. The average Bonchev–Trinajstić information content (AvgIpc) is 2.36. The maximum absolute atomic E-state index is 11.9. The van der Waals surface area contributed by atoms with Crippen LogP contribution in [0.2, 0.25) is 0 Å². The lowest BCUT2D eigenvalue weighted by Crippen LogP contribution is -2.45. The molecule has 2 atom stereocenters. The Kier molecular flexibility index (Phi) is 7.10. The van der Waals surface area contributed by atoms with Crippen LogP contribution in [0.5, 0.6) is 0 Å². The van der Waals surface area contributed by atoms with Gasteiger partial charge in [-0.1, -0.05) is 41.4 Å². The largest absolute Gasteiger partial charge is 0.352 e. The van der Waals surface area contributed by atoms with Crippen LogP contribution in [0.1, 0.15) is 39.2 Å². The van der Waals surface area contributed by atoms with Gasteiger partial charge >= 0.3 is 0 Å². The van der Waals surface area contributed by atoms with Gasteiger partial charge in [0.1, 0.15) is 0 Å². The number of halogens is 1. The zero-order valence-electron chi connectivity index (χ0n) is 11.9. The van der Waals surface area contributed by atoms with Gasteiger partial charge in [-0.2, -0.15) is 0 Å². The minimum atomic E-state index is -0.182. The summed E-state index contributed by atoms with van der Waals surface area (Å²) in [6.07, 6.45) is 2.10. The van der Waals surface area contributed by atoms with E-state index in [0.717, 1.165) is 22.9 Å². The highest BCUT2D eigenvalue weighted by Gasteiger charge is 2.14. The van der Waals surface area contributed by atoms with Crippen LogP contribution in [0.4, 0.5) is 0 Å². The highest BCUT2D eigenvalue weighted by atomic mass is 79.9. The fourth-order valence-electron chi connectivity index (χ4n) is 1.88. The Morgan fingerprint density at radius 2 is 2.11 bits per heavy atom. The first kappa shape index (κ1) is 16.2. The Balaban J connectivity index is 2.38. The molecule has 1 amide bonds. The lowest BCUT2D eigenvalue weighted by molar-refractivity contribution is -0.123. The molecule has 0 bridgehead atoms. The predicted molar refractivity (Wildman–Crippen MR) is 83.0 cm³/mol. The maximum atomic E-state index is 11.9. The first-order chi connectivity index (χ1) is 9.02. The standard InChI is InChI=1S/C15H23BrN2O/c1-4-6-11(2)18-15(19)12(3)17-10-13-7-5-8-14(16)9-13/h5,7-9,11-12,17H,4,6,10H2,1-3H3,(H,18,19). The number of rotatable bonds is 7. The van der Waals surface area contributed by atoms with E-state index in [-0.39, 0.29) is 18.0 Å². The average molecular weight is 327 g/mol. The van der Waals surface area contributed by atoms with E-state index in [1.54, 1.807) is 0 Å². The molecule has 2 unspecified atom stereocenters. The van der Waals surface area contributed by atoms with Crippen molar-refractivity contribution in [1.29, 1.82) is 0 Å². The zero-order chi connectivity index (χ0) is 14.3. The van der Waals surface area contributed by atoms with Crippen molar-refractivity contribution in [2.24, 2.45) is 0 Å². The lowest BCUT2D eigenvalue weighted by Gasteiger charge is -2.18. The van der Waals surface area contributed by atoms with Crippen molar-refractivity contribution >= 4 is 21.8 Å². The number of carbonyl (C=O) groups excluding carboxylic acids is 1. The molecule has 1 aromatic rings. The molecule has 0 aliphatic rings. The minimum Gasteiger partial charge on any atom is -0.352 e. The van der Waals surface area contributed by atoms with Crippen molar-refractivity contribution in [2.45, 2.75) is 52.2 Å². The van der Waals surface area contributed by atoms with Crippen LogP contribution in [-0.2, 0) is 11.3 Å². The quantitative estimate of drug-likeness (QED) is 0.807. The normalized spacial score (nSPS) is 13.9. The summed E-state index contributed by atoms with van der Waals surface area (Å²) in [6, 6.07) is 8.15. The van der Waals surface area contributed by atoms with Crippen molar-refractivity contribution in [3.8, 4) is 0 Å². The monoisotopic (exact) mass is 326 g/mol. The molecule has 0 aromatic heterocycles. The van der Waals surface area contributed by atoms with Gasteiger partial charge in [0.2, 0.25) is 5.91 Å². The number of nitrogens with one attached hydrogen (secondary N) is 2. The zero-order valence-corrected chi connectivity index (χ0v) is 13.5. The van der Waals surface area contributed by atoms with Crippen molar-refractivity contribution < 1.29 is 4.79 Å². The van der Waals surface area contributed by atoms with E-state index in [1.165, 1.54) is 0 Å². The van der Waals surface area contributed by atoms with E-state index in [2.05, 4.69) is 39.6 Å². The molecule has 19 heavy (non-hydrogen) atoms. The van der Waals surface area contributed by atoms with Crippen LogP contribution in [0.25, 0.3) is 0 Å². The second kappa shape index (κ2) is 8.33. The van der Waals surface area contributed by atoms with E-state index in [1.807, 2.05) is 32.0 Å². The number of benzene rings is 1. The van der Waals surface area contributed by atoms with E-state index < -0.39 is 0 Å². The van der Waals surface area contributed by atoms with Crippen LogP contribution >= 0.6 is 15.9 Å². The van der Waals surface area contributed by atoms with Gasteiger partial charge in [0.15, 0.2) is 0 Å². The van der Waals surface area contributed by atoms with E-state index >= 15 is 0 Å². The Bertz CT molecular complexity index is 409. The van der Waals surface area contributed by atoms with Gasteiger partial charge in [0.25, 0.3) is 0 Å². The van der Waals surface area contributed by atoms with Crippen LogP contribution in [0, 0.1) is 0 Å². The SMILES string of the molecule is CCCC(C)NC(=O)C(C)NCc1cccc(Br)c1. The Labute approximate surface area is 124 Å². The molecule has 0 radical (unpaired) electrons. The summed E-state index contributed by atoms with van der Waals surface area (Å²) in [5.41, 5.74) is 1.16. The second-order valence-corrected chi connectivity index (χ2v) is 5.85. The molecule has 106 valence electrons. The molecule has 0 fully saturated rings. The molecule has 0 aliphatic carbocycles. The Morgan fingerprint density at radius 1 is 1.37 bits per heavy atom. The van der Waals surface area contributed by atoms with Gasteiger partial charge in [-0.3, -0.25) is 4.79 Å². The van der Waals surface area contributed by atoms with E-state index in [4.69, 9.17) is 0 Å². The van der Waals surface area contributed by atoms with Gasteiger partial charge < -0.3 is 10.6 Å². The summed E-state index contributed by atoms with van der Waals surface area (Å²) in [5, 5.41) is 6.26. The first-order valence-electron chi connectivity index (χ1n) is 6.81. The van der Waals surface area contributed by atoms with E-state index in [9.17, 15) is 4.79 Å². The van der Waals surface area contributed by atoms with Crippen molar-refractivity contribution in [1.82, 2.24) is 10.6 Å². The predicted octanol–water partition coefficient (Wildman–Crippen LogP) is 3.23.